The number of hydrogen-bond donors (Lipinski definition) is 2. The third-order valence-corrected chi connectivity index (χ3v) is 5.03. The number of ether oxygens (including phenoxy) is 1. The molecule has 0 saturated carbocycles. The van der Waals surface area contributed by atoms with Gasteiger partial charge in [-0.05, 0) is 37.1 Å². The lowest BCUT2D eigenvalue weighted by atomic mass is 10.1. The standard InChI is InChI=1S/C25H22N2O3/c1-16-12-13-17(2)22(14-16)27-24(28)23(18-8-4-3-5-9-18)30-25(29)20-15-26-21-11-7-6-10-19(20)21/h3-15,23,26H,1-2H3,(H,27,28)/t23-/m0/s1. The fourth-order valence-corrected chi connectivity index (χ4v) is 3.38. The Balaban J connectivity index is 1.64. The summed E-state index contributed by atoms with van der Waals surface area (Å²) in [5.41, 5.74) is 4.50. The van der Waals surface area contributed by atoms with Gasteiger partial charge in [0, 0.05) is 28.4 Å². The van der Waals surface area contributed by atoms with E-state index in [-0.39, 0.29) is 0 Å². The Hall–Kier alpha value is -3.86. The van der Waals surface area contributed by atoms with Crippen molar-refractivity contribution in [2.24, 2.45) is 0 Å². The monoisotopic (exact) mass is 398 g/mol. The van der Waals surface area contributed by atoms with Crippen LogP contribution in [0.15, 0.2) is 79.0 Å². The highest BCUT2D eigenvalue weighted by Crippen LogP contribution is 2.26. The summed E-state index contributed by atoms with van der Waals surface area (Å²) in [5, 5.41) is 3.67. The van der Waals surface area contributed by atoms with Crippen molar-refractivity contribution < 1.29 is 14.3 Å². The molecule has 1 heterocycles. The van der Waals surface area contributed by atoms with E-state index in [2.05, 4.69) is 10.3 Å². The van der Waals surface area contributed by atoms with Gasteiger partial charge < -0.3 is 15.0 Å². The molecule has 1 amide bonds. The van der Waals surface area contributed by atoms with Crippen LogP contribution in [-0.2, 0) is 9.53 Å². The predicted molar refractivity (Wildman–Crippen MR) is 117 cm³/mol. The first-order valence-corrected chi connectivity index (χ1v) is 9.73. The average Bonchev–Trinajstić information content (AvgIpc) is 3.19. The molecule has 4 rings (SSSR count). The molecule has 30 heavy (non-hydrogen) atoms. The van der Waals surface area contributed by atoms with E-state index in [4.69, 9.17) is 4.74 Å². The van der Waals surface area contributed by atoms with Gasteiger partial charge in [-0.15, -0.1) is 0 Å². The van der Waals surface area contributed by atoms with Crippen molar-refractivity contribution in [2.75, 3.05) is 5.32 Å². The molecule has 0 aliphatic heterocycles. The van der Waals surface area contributed by atoms with Crippen LogP contribution in [0, 0.1) is 13.8 Å². The molecule has 0 aliphatic carbocycles. The lowest BCUT2D eigenvalue weighted by molar-refractivity contribution is -0.125. The Morgan fingerprint density at radius 1 is 0.933 bits per heavy atom. The van der Waals surface area contributed by atoms with Gasteiger partial charge in [-0.3, -0.25) is 4.79 Å². The molecule has 0 spiro atoms. The van der Waals surface area contributed by atoms with Gasteiger partial charge in [0.25, 0.3) is 5.91 Å². The molecule has 2 N–H and O–H groups in total. The summed E-state index contributed by atoms with van der Waals surface area (Å²) in [4.78, 5) is 29.2. The van der Waals surface area contributed by atoms with Gasteiger partial charge in [0.05, 0.1) is 5.56 Å². The van der Waals surface area contributed by atoms with E-state index in [0.29, 0.717) is 16.8 Å². The minimum absolute atomic E-state index is 0.395. The van der Waals surface area contributed by atoms with Crippen LogP contribution in [0.25, 0.3) is 10.9 Å². The molecule has 3 aromatic carbocycles. The van der Waals surface area contributed by atoms with E-state index in [1.807, 2.05) is 74.5 Å². The third-order valence-electron chi connectivity index (χ3n) is 5.03. The molecule has 0 saturated heterocycles. The number of carbonyl (C=O) groups excluding carboxylic acids is 2. The van der Waals surface area contributed by atoms with Crippen LogP contribution >= 0.6 is 0 Å². The number of fused-ring (bicyclic) bond motifs is 1. The molecule has 150 valence electrons. The third kappa shape index (κ3) is 3.96. The number of aromatic nitrogens is 1. The number of anilines is 1. The summed E-state index contributed by atoms with van der Waals surface area (Å²) in [6.45, 7) is 3.88. The minimum Gasteiger partial charge on any atom is -0.444 e. The minimum atomic E-state index is -1.08. The van der Waals surface area contributed by atoms with Crippen LogP contribution in [0.2, 0.25) is 0 Å². The average molecular weight is 398 g/mol. The van der Waals surface area contributed by atoms with E-state index in [0.717, 1.165) is 22.0 Å². The number of amides is 1. The van der Waals surface area contributed by atoms with Crippen molar-refractivity contribution in [3.63, 3.8) is 0 Å². The van der Waals surface area contributed by atoms with Crippen LogP contribution < -0.4 is 5.32 Å². The lowest BCUT2D eigenvalue weighted by Gasteiger charge is -2.19. The van der Waals surface area contributed by atoms with Crippen LogP contribution in [-0.4, -0.2) is 16.9 Å². The van der Waals surface area contributed by atoms with Crippen molar-refractivity contribution in [1.29, 1.82) is 0 Å². The van der Waals surface area contributed by atoms with Gasteiger partial charge in [0.15, 0.2) is 0 Å². The molecular weight excluding hydrogens is 376 g/mol. The zero-order chi connectivity index (χ0) is 21.1. The zero-order valence-electron chi connectivity index (χ0n) is 16.8. The number of rotatable bonds is 5. The molecule has 1 atom stereocenters. The normalized spacial score (nSPS) is 11.8. The lowest BCUT2D eigenvalue weighted by Crippen LogP contribution is -2.26. The Labute approximate surface area is 174 Å². The second kappa shape index (κ2) is 8.25. The maximum atomic E-state index is 13.1. The first-order valence-electron chi connectivity index (χ1n) is 9.73. The second-order valence-corrected chi connectivity index (χ2v) is 7.25. The van der Waals surface area contributed by atoms with Crippen LogP contribution in [0.3, 0.4) is 0 Å². The van der Waals surface area contributed by atoms with Crippen molar-refractivity contribution in [3.8, 4) is 0 Å². The Bertz CT molecular complexity index is 1210. The summed E-state index contributed by atoms with van der Waals surface area (Å²) in [6, 6.07) is 22.3. The highest BCUT2D eigenvalue weighted by atomic mass is 16.5. The Morgan fingerprint density at radius 3 is 2.47 bits per heavy atom. The number of carbonyl (C=O) groups is 2. The molecule has 5 nitrogen and oxygen atoms in total. The first-order chi connectivity index (χ1) is 14.5. The second-order valence-electron chi connectivity index (χ2n) is 7.25. The smallest absolute Gasteiger partial charge is 0.341 e. The maximum absolute atomic E-state index is 13.1. The number of esters is 1. The van der Waals surface area contributed by atoms with Gasteiger partial charge in [0.1, 0.15) is 0 Å². The van der Waals surface area contributed by atoms with E-state index >= 15 is 0 Å². The summed E-state index contributed by atoms with van der Waals surface area (Å²) in [5.74, 6) is -0.958. The van der Waals surface area contributed by atoms with Crippen LogP contribution in [0.4, 0.5) is 5.69 Å². The van der Waals surface area contributed by atoms with E-state index in [1.54, 1.807) is 18.3 Å². The van der Waals surface area contributed by atoms with E-state index < -0.39 is 18.0 Å². The molecule has 0 aliphatic rings. The molecule has 0 unspecified atom stereocenters. The SMILES string of the molecule is Cc1ccc(C)c(NC(=O)[C@@H](OC(=O)c2c[nH]c3ccccc23)c2ccccc2)c1. The number of benzene rings is 3. The summed E-state index contributed by atoms with van der Waals surface area (Å²) < 4.78 is 5.72. The summed E-state index contributed by atoms with van der Waals surface area (Å²) in [6.07, 6.45) is 0.532. The predicted octanol–water partition coefficient (Wildman–Crippen LogP) is 5.32. The number of hydrogen-bond acceptors (Lipinski definition) is 3. The van der Waals surface area contributed by atoms with Crippen molar-refractivity contribution in [3.05, 3.63) is 101 Å². The van der Waals surface area contributed by atoms with Gasteiger partial charge in [-0.25, -0.2) is 4.79 Å². The first kappa shape index (κ1) is 19.5. The zero-order valence-corrected chi connectivity index (χ0v) is 16.8. The molecular formula is C25H22N2O3. The summed E-state index contributed by atoms with van der Waals surface area (Å²) >= 11 is 0. The van der Waals surface area contributed by atoms with Crippen LogP contribution in [0.5, 0.6) is 0 Å². The fraction of sp³-hybridized carbons (Fsp3) is 0.120. The van der Waals surface area contributed by atoms with Gasteiger partial charge in [-0.1, -0.05) is 60.7 Å². The maximum Gasteiger partial charge on any atom is 0.341 e. The number of H-pyrrole nitrogens is 1. The van der Waals surface area contributed by atoms with Crippen LogP contribution in [0.1, 0.15) is 33.2 Å². The molecule has 0 fully saturated rings. The highest BCUT2D eigenvalue weighted by molar-refractivity contribution is 6.05. The van der Waals surface area contributed by atoms with E-state index in [9.17, 15) is 9.59 Å². The van der Waals surface area contributed by atoms with Crippen molar-refractivity contribution in [2.45, 2.75) is 20.0 Å². The topological polar surface area (TPSA) is 71.2 Å². The number of nitrogens with one attached hydrogen (secondary N) is 2. The molecule has 1 aromatic heterocycles. The summed E-state index contributed by atoms with van der Waals surface area (Å²) in [7, 11) is 0. The largest absolute Gasteiger partial charge is 0.444 e. The molecule has 0 bridgehead atoms. The van der Waals surface area contributed by atoms with Gasteiger partial charge >= 0.3 is 5.97 Å². The Morgan fingerprint density at radius 2 is 1.67 bits per heavy atom. The number of para-hydroxylation sites is 1. The van der Waals surface area contributed by atoms with Gasteiger partial charge in [-0.2, -0.15) is 0 Å². The van der Waals surface area contributed by atoms with Crippen molar-refractivity contribution >= 4 is 28.5 Å². The molecule has 5 heteroatoms. The number of aryl methyl sites for hydroxylation is 2. The van der Waals surface area contributed by atoms with E-state index in [1.165, 1.54) is 0 Å². The van der Waals surface area contributed by atoms with Gasteiger partial charge in [0.2, 0.25) is 6.10 Å². The highest BCUT2D eigenvalue weighted by Gasteiger charge is 2.27. The Kier molecular flexibility index (Phi) is 5.35. The molecule has 4 aromatic rings. The number of aromatic amines is 1. The fourth-order valence-electron chi connectivity index (χ4n) is 3.38. The van der Waals surface area contributed by atoms with Crippen molar-refractivity contribution in [1.82, 2.24) is 4.98 Å². The quantitative estimate of drug-likeness (QED) is 0.447. The molecule has 0 radical (unpaired) electrons.